The minimum atomic E-state index is -1.39. The quantitative estimate of drug-likeness (QED) is 0.253. The number of unbranched alkanes of at least 4 members (excludes halogenated alkanes) is 3. The molecule has 5 rings (SSSR count). The highest BCUT2D eigenvalue weighted by molar-refractivity contribution is 9.11. The van der Waals surface area contributed by atoms with Gasteiger partial charge in [0, 0.05) is 30.6 Å². The van der Waals surface area contributed by atoms with Gasteiger partial charge in [0.05, 0.1) is 23.2 Å². The smallest absolute Gasteiger partial charge is 0.313 e. The molecule has 0 radical (unpaired) electrons. The van der Waals surface area contributed by atoms with E-state index >= 15 is 0 Å². The monoisotopic (exact) mass is 691 g/mol. The number of hydrogen-bond donors (Lipinski definition) is 2. The third kappa shape index (κ3) is 6.08. The minimum Gasteiger partial charge on any atom is -0.460 e. The molecule has 2 saturated heterocycles. The van der Waals surface area contributed by atoms with Crippen LogP contribution in [-0.4, -0.2) is 83.8 Å². The second-order valence-electron chi connectivity index (χ2n) is 11.9. The molecule has 0 aliphatic carbocycles. The molecular formula is C32H39BrClN3O7. The summed E-state index contributed by atoms with van der Waals surface area (Å²) in [6.07, 6.45) is 7.53. The van der Waals surface area contributed by atoms with E-state index in [-0.39, 0.29) is 50.4 Å². The van der Waals surface area contributed by atoms with Crippen molar-refractivity contribution in [2.75, 3.05) is 31.1 Å². The number of allylic oxidation sites excluding steroid dienone is 1. The number of nitrogens with zero attached hydrogens (tertiary/aromatic N) is 2. The zero-order valence-electron chi connectivity index (χ0n) is 25.0. The number of rotatable bonds is 7. The van der Waals surface area contributed by atoms with E-state index in [1.165, 1.54) is 0 Å². The second kappa shape index (κ2) is 13.7. The van der Waals surface area contributed by atoms with Gasteiger partial charge in [-0.15, -0.1) is 0 Å². The number of amides is 3. The summed E-state index contributed by atoms with van der Waals surface area (Å²) in [5.41, 5.74) is -0.0908. The highest BCUT2D eigenvalue weighted by atomic mass is 79.9. The van der Waals surface area contributed by atoms with E-state index in [4.69, 9.17) is 21.1 Å². The first-order chi connectivity index (χ1) is 21.1. The topological polar surface area (TPSA) is 125 Å². The molecule has 6 atom stereocenters. The molecule has 4 heterocycles. The Morgan fingerprint density at radius 3 is 2.64 bits per heavy atom. The Kier molecular flexibility index (Phi) is 10.2. The Labute approximate surface area is 270 Å². The van der Waals surface area contributed by atoms with Crippen LogP contribution in [0.25, 0.3) is 0 Å². The highest BCUT2D eigenvalue weighted by Gasteiger charge is 2.75. The van der Waals surface area contributed by atoms with Crippen molar-refractivity contribution in [1.29, 1.82) is 0 Å². The standard InChI is InChI=1S/C32H39BrClN3O7/c1-19-11-10-12-22(34)26(19)36-14-8-5-6-13-23(39)35-18-20(2)43-31(42)24-25-29(40)37(15-7-3-4-9-16-38)28(30(36)41)32(25)17-21(33)27(24)44-32/h5,8,10-12,17,20,24-25,27-28,38H,3-4,6-7,9,13-16,18H2,1-2H3,(H,35,39)/b8-5-/t20-,24+,25-,27+,28+,32-/m0/s1. The Balaban J connectivity index is 1.60. The fraction of sp³-hybridized carbons (Fsp3) is 0.562. The molecule has 4 aliphatic rings. The lowest BCUT2D eigenvalue weighted by molar-refractivity contribution is -0.158. The molecule has 2 fully saturated rings. The van der Waals surface area contributed by atoms with Crippen molar-refractivity contribution in [3.63, 3.8) is 0 Å². The van der Waals surface area contributed by atoms with Crippen molar-refractivity contribution >= 4 is 56.9 Å². The summed E-state index contributed by atoms with van der Waals surface area (Å²) in [6, 6.07) is 4.33. The number of esters is 1. The summed E-state index contributed by atoms with van der Waals surface area (Å²) in [4.78, 5) is 58.5. The van der Waals surface area contributed by atoms with Crippen LogP contribution in [0.2, 0.25) is 5.02 Å². The number of fused-ring (bicyclic) bond motifs is 2. The third-order valence-corrected chi connectivity index (χ3v) is 9.85. The van der Waals surface area contributed by atoms with Crippen molar-refractivity contribution < 1.29 is 33.8 Å². The van der Waals surface area contributed by atoms with Gasteiger partial charge in [-0.05, 0) is 50.8 Å². The molecule has 5 bridgehead atoms. The molecule has 0 saturated carbocycles. The second-order valence-corrected chi connectivity index (χ2v) is 13.2. The van der Waals surface area contributed by atoms with Crippen molar-refractivity contribution in [2.45, 2.75) is 76.2 Å². The van der Waals surface area contributed by atoms with E-state index in [0.29, 0.717) is 34.5 Å². The fourth-order valence-corrected chi connectivity index (χ4v) is 7.89. The lowest BCUT2D eigenvalue weighted by Gasteiger charge is -2.36. The van der Waals surface area contributed by atoms with Gasteiger partial charge in [0.2, 0.25) is 11.8 Å². The first-order valence-electron chi connectivity index (χ1n) is 15.3. The van der Waals surface area contributed by atoms with Gasteiger partial charge in [-0.2, -0.15) is 0 Å². The maximum absolute atomic E-state index is 14.9. The highest BCUT2D eigenvalue weighted by Crippen LogP contribution is 2.59. The molecule has 44 heavy (non-hydrogen) atoms. The molecule has 1 spiro atoms. The molecule has 1 aromatic carbocycles. The number of cyclic esters (lactones) is 1. The number of ether oxygens (including phenoxy) is 2. The molecule has 0 unspecified atom stereocenters. The van der Waals surface area contributed by atoms with Gasteiger partial charge in [-0.3, -0.25) is 19.2 Å². The SMILES string of the molecule is Cc1cccc(Cl)c1N1C/C=C\CCC(=O)NC[C@H](C)OC(=O)[C@H]2[C@@H]3O[C@@]4(C=C3Br)[C@@H]2C(=O)N(CCCCCCO)[C@@H]4C1=O. The molecule has 12 heteroatoms. The van der Waals surface area contributed by atoms with E-state index < -0.39 is 41.7 Å². The van der Waals surface area contributed by atoms with Crippen LogP contribution in [0.4, 0.5) is 5.69 Å². The van der Waals surface area contributed by atoms with Crippen LogP contribution < -0.4 is 10.2 Å². The van der Waals surface area contributed by atoms with Crippen LogP contribution in [0, 0.1) is 18.8 Å². The Morgan fingerprint density at radius 1 is 1.11 bits per heavy atom. The van der Waals surface area contributed by atoms with Gasteiger partial charge < -0.3 is 29.7 Å². The first kappa shape index (κ1) is 32.7. The summed E-state index contributed by atoms with van der Waals surface area (Å²) < 4.78 is 12.9. The summed E-state index contributed by atoms with van der Waals surface area (Å²) in [5, 5.41) is 12.4. The number of para-hydroxylation sites is 1. The Morgan fingerprint density at radius 2 is 1.89 bits per heavy atom. The zero-order valence-corrected chi connectivity index (χ0v) is 27.3. The largest absolute Gasteiger partial charge is 0.460 e. The van der Waals surface area contributed by atoms with E-state index in [0.717, 1.165) is 18.4 Å². The van der Waals surface area contributed by atoms with Crippen LogP contribution >= 0.6 is 27.5 Å². The first-order valence-corrected chi connectivity index (χ1v) is 16.4. The maximum Gasteiger partial charge on any atom is 0.313 e. The number of aryl methyl sites for hydroxylation is 1. The minimum absolute atomic E-state index is 0.0918. The van der Waals surface area contributed by atoms with Gasteiger partial charge in [-0.1, -0.05) is 64.7 Å². The van der Waals surface area contributed by atoms with E-state index in [1.54, 1.807) is 28.9 Å². The van der Waals surface area contributed by atoms with Gasteiger partial charge in [0.25, 0.3) is 5.91 Å². The van der Waals surface area contributed by atoms with Crippen molar-refractivity contribution in [1.82, 2.24) is 10.2 Å². The van der Waals surface area contributed by atoms with Crippen LogP contribution in [0.3, 0.4) is 0 Å². The number of likely N-dealkylation sites (tertiary alicyclic amines) is 1. The van der Waals surface area contributed by atoms with Gasteiger partial charge >= 0.3 is 5.97 Å². The fourth-order valence-electron chi connectivity index (χ4n) is 6.83. The van der Waals surface area contributed by atoms with Gasteiger partial charge in [-0.25, -0.2) is 0 Å². The van der Waals surface area contributed by atoms with Crippen LogP contribution in [-0.2, 0) is 28.7 Å². The molecule has 238 valence electrons. The predicted octanol–water partition coefficient (Wildman–Crippen LogP) is 3.81. The number of halogens is 2. The van der Waals surface area contributed by atoms with Crippen LogP contribution in [0.1, 0.15) is 51.0 Å². The summed E-state index contributed by atoms with van der Waals surface area (Å²) >= 11 is 10.3. The molecule has 0 aromatic heterocycles. The predicted molar refractivity (Wildman–Crippen MR) is 168 cm³/mol. The molecule has 4 aliphatic heterocycles. The number of carbonyl (C=O) groups excluding carboxylic acids is 4. The van der Waals surface area contributed by atoms with Crippen molar-refractivity contribution in [2.24, 2.45) is 11.8 Å². The Hall–Kier alpha value is -2.73. The van der Waals surface area contributed by atoms with Crippen molar-refractivity contribution in [3.8, 4) is 0 Å². The number of aliphatic hydroxyl groups excluding tert-OH is 1. The summed E-state index contributed by atoms with van der Waals surface area (Å²) in [6.45, 7) is 4.21. The molecule has 10 nitrogen and oxygen atoms in total. The number of carbonyl (C=O) groups is 4. The van der Waals surface area contributed by atoms with Gasteiger partial charge in [0.1, 0.15) is 29.8 Å². The lowest BCUT2D eigenvalue weighted by atomic mass is 9.74. The molecule has 2 N–H and O–H groups in total. The number of anilines is 1. The van der Waals surface area contributed by atoms with Crippen LogP contribution in [0.15, 0.2) is 40.9 Å². The number of benzene rings is 1. The van der Waals surface area contributed by atoms with E-state index in [9.17, 15) is 24.3 Å². The number of aliphatic hydroxyl groups is 1. The van der Waals surface area contributed by atoms with E-state index in [2.05, 4.69) is 21.2 Å². The Bertz CT molecular complexity index is 1350. The van der Waals surface area contributed by atoms with Gasteiger partial charge in [0.15, 0.2) is 0 Å². The van der Waals surface area contributed by atoms with E-state index in [1.807, 2.05) is 31.2 Å². The normalized spacial score (nSPS) is 31.6. The zero-order chi connectivity index (χ0) is 31.6. The van der Waals surface area contributed by atoms with Crippen LogP contribution in [0.5, 0.6) is 0 Å². The molecular weight excluding hydrogens is 654 g/mol. The summed E-state index contributed by atoms with van der Waals surface area (Å²) in [7, 11) is 0. The number of hydrogen-bond acceptors (Lipinski definition) is 7. The number of nitrogens with one attached hydrogen (secondary N) is 1. The molecule has 3 amide bonds. The molecule has 1 aromatic rings. The summed E-state index contributed by atoms with van der Waals surface area (Å²) in [5.74, 6) is -3.44. The average molecular weight is 693 g/mol. The van der Waals surface area contributed by atoms with Crippen molar-refractivity contribution in [3.05, 3.63) is 51.5 Å². The lowest BCUT2D eigenvalue weighted by Crippen LogP contribution is -2.56. The third-order valence-electron chi connectivity index (χ3n) is 8.86. The maximum atomic E-state index is 14.9. The average Bonchev–Trinajstić information content (AvgIpc) is 3.57.